The highest BCUT2D eigenvalue weighted by atomic mass is 19.1. The minimum Gasteiger partial charge on any atom is -0.329 e. The molecule has 112 valence electrons. The fourth-order valence-corrected chi connectivity index (χ4v) is 3.32. The lowest BCUT2D eigenvalue weighted by atomic mass is 9.93. The Morgan fingerprint density at radius 2 is 2.00 bits per heavy atom. The summed E-state index contributed by atoms with van der Waals surface area (Å²) in [6, 6.07) is 4.08. The van der Waals surface area contributed by atoms with Crippen LogP contribution in [0.3, 0.4) is 0 Å². The standard InChI is InChI=1S/C16H24F2N2/c1-2-6-12-7-3-4-10-20(12)15(11-19)16-13(17)8-5-9-14(16)18/h5,8-9,12,15H,2-4,6-7,10-11,19H2,1H3. The third-order valence-corrected chi connectivity index (χ3v) is 4.25. The molecule has 1 aromatic rings. The van der Waals surface area contributed by atoms with Crippen LogP contribution in [0.4, 0.5) is 8.78 Å². The van der Waals surface area contributed by atoms with Crippen molar-refractivity contribution in [3.63, 3.8) is 0 Å². The molecule has 0 aliphatic carbocycles. The van der Waals surface area contributed by atoms with Crippen molar-refractivity contribution in [3.05, 3.63) is 35.4 Å². The van der Waals surface area contributed by atoms with E-state index in [4.69, 9.17) is 5.73 Å². The Bertz CT molecular complexity index is 414. The van der Waals surface area contributed by atoms with Gasteiger partial charge in [0.15, 0.2) is 0 Å². The van der Waals surface area contributed by atoms with Crippen LogP contribution in [0.5, 0.6) is 0 Å². The van der Waals surface area contributed by atoms with Crippen LogP contribution in [0.25, 0.3) is 0 Å². The lowest BCUT2D eigenvalue weighted by Crippen LogP contribution is -2.45. The van der Waals surface area contributed by atoms with Crippen LogP contribution in [0.2, 0.25) is 0 Å². The predicted octanol–water partition coefficient (Wildman–Crippen LogP) is 3.62. The molecule has 1 aromatic carbocycles. The smallest absolute Gasteiger partial charge is 0.130 e. The summed E-state index contributed by atoms with van der Waals surface area (Å²) in [6.07, 6.45) is 5.51. The Kier molecular flexibility index (Phi) is 5.49. The molecule has 4 heteroatoms. The van der Waals surface area contributed by atoms with Crippen LogP contribution >= 0.6 is 0 Å². The van der Waals surface area contributed by atoms with E-state index in [1.807, 2.05) is 0 Å². The summed E-state index contributed by atoms with van der Waals surface area (Å²) in [4.78, 5) is 2.22. The molecule has 0 spiro atoms. The van der Waals surface area contributed by atoms with E-state index in [9.17, 15) is 8.78 Å². The summed E-state index contributed by atoms with van der Waals surface area (Å²) in [5.41, 5.74) is 5.99. The second-order valence-electron chi connectivity index (χ2n) is 5.56. The summed E-state index contributed by atoms with van der Waals surface area (Å²) in [7, 11) is 0. The maximum absolute atomic E-state index is 14.0. The second-order valence-corrected chi connectivity index (χ2v) is 5.56. The second kappa shape index (κ2) is 7.14. The Hall–Kier alpha value is -1.00. The molecule has 2 nitrogen and oxygen atoms in total. The zero-order valence-corrected chi connectivity index (χ0v) is 12.1. The van der Waals surface area contributed by atoms with Gasteiger partial charge in [0, 0.05) is 18.2 Å². The SMILES string of the molecule is CCCC1CCCCN1C(CN)c1c(F)cccc1F. The molecule has 0 saturated carbocycles. The molecule has 1 fully saturated rings. The zero-order chi connectivity index (χ0) is 14.5. The highest BCUT2D eigenvalue weighted by Gasteiger charge is 2.31. The van der Waals surface area contributed by atoms with E-state index in [0.717, 1.165) is 32.2 Å². The van der Waals surface area contributed by atoms with Crippen molar-refractivity contribution < 1.29 is 8.78 Å². The van der Waals surface area contributed by atoms with Crippen molar-refractivity contribution in [1.29, 1.82) is 0 Å². The van der Waals surface area contributed by atoms with Crippen LogP contribution < -0.4 is 5.73 Å². The highest BCUT2D eigenvalue weighted by molar-refractivity contribution is 5.24. The van der Waals surface area contributed by atoms with Crippen molar-refractivity contribution in [3.8, 4) is 0 Å². The van der Waals surface area contributed by atoms with E-state index in [1.165, 1.54) is 24.6 Å². The summed E-state index contributed by atoms with van der Waals surface area (Å²) >= 11 is 0. The van der Waals surface area contributed by atoms with Gasteiger partial charge in [-0.25, -0.2) is 8.78 Å². The van der Waals surface area contributed by atoms with Crippen molar-refractivity contribution in [2.45, 2.75) is 51.1 Å². The molecule has 0 aromatic heterocycles. The molecular weight excluding hydrogens is 258 g/mol. The molecule has 1 aliphatic heterocycles. The Morgan fingerprint density at radius 3 is 2.60 bits per heavy atom. The molecule has 0 radical (unpaired) electrons. The molecule has 1 heterocycles. The lowest BCUT2D eigenvalue weighted by Gasteiger charge is -2.41. The topological polar surface area (TPSA) is 29.3 Å². The number of hydrogen-bond donors (Lipinski definition) is 1. The van der Waals surface area contributed by atoms with Gasteiger partial charge in [0.05, 0.1) is 6.04 Å². The Morgan fingerprint density at radius 1 is 1.30 bits per heavy atom. The van der Waals surface area contributed by atoms with Gasteiger partial charge < -0.3 is 5.73 Å². The van der Waals surface area contributed by atoms with Crippen LogP contribution in [-0.4, -0.2) is 24.0 Å². The van der Waals surface area contributed by atoms with Gasteiger partial charge in [-0.2, -0.15) is 0 Å². The predicted molar refractivity (Wildman–Crippen MR) is 77.4 cm³/mol. The largest absolute Gasteiger partial charge is 0.329 e. The number of halogens is 2. The molecule has 20 heavy (non-hydrogen) atoms. The van der Waals surface area contributed by atoms with Gasteiger partial charge in [0.25, 0.3) is 0 Å². The molecule has 2 rings (SSSR count). The maximum atomic E-state index is 14.0. The van der Waals surface area contributed by atoms with Gasteiger partial charge in [0.2, 0.25) is 0 Å². The average Bonchev–Trinajstić information content (AvgIpc) is 2.44. The number of nitrogens with two attached hydrogens (primary N) is 1. The molecule has 2 unspecified atom stereocenters. The van der Waals surface area contributed by atoms with E-state index in [1.54, 1.807) is 0 Å². The van der Waals surface area contributed by atoms with Gasteiger partial charge in [-0.1, -0.05) is 25.8 Å². The molecule has 2 atom stereocenters. The summed E-state index contributed by atoms with van der Waals surface area (Å²) in [6.45, 7) is 3.27. The van der Waals surface area contributed by atoms with Gasteiger partial charge in [0.1, 0.15) is 11.6 Å². The number of likely N-dealkylation sites (tertiary alicyclic amines) is 1. The summed E-state index contributed by atoms with van der Waals surface area (Å²) in [5, 5.41) is 0. The fourth-order valence-electron chi connectivity index (χ4n) is 3.32. The lowest BCUT2D eigenvalue weighted by molar-refractivity contribution is 0.0874. The minimum atomic E-state index is -0.485. The van der Waals surface area contributed by atoms with Crippen LogP contribution in [0.1, 0.15) is 50.6 Å². The van der Waals surface area contributed by atoms with E-state index in [2.05, 4.69) is 11.8 Å². The first-order chi connectivity index (χ1) is 9.69. The highest BCUT2D eigenvalue weighted by Crippen LogP contribution is 2.32. The van der Waals surface area contributed by atoms with Crippen molar-refractivity contribution in [2.75, 3.05) is 13.1 Å². The van der Waals surface area contributed by atoms with Gasteiger partial charge >= 0.3 is 0 Å². The first-order valence-electron chi connectivity index (χ1n) is 7.58. The third-order valence-electron chi connectivity index (χ3n) is 4.25. The molecule has 2 N–H and O–H groups in total. The number of nitrogens with zero attached hydrogens (tertiary/aromatic N) is 1. The van der Waals surface area contributed by atoms with Crippen molar-refractivity contribution in [1.82, 2.24) is 4.90 Å². The van der Waals surface area contributed by atoms with Crippen LogP contribution in [0.15, 0.2) is 18.2 Å². The first kappa shape index (κ1) is 15.4. The number of hydrogen-bond acceptors (Lipinski definition) is 2. The Balaban J connectivity index is 2.30. The van der Waals surface area contributed by atoms with Crippen LogP contribution in [-0.2, 0) is 0 Å². The molecule has 0 amide bonds. The number of benzene rings is 1. The van der Waals surface area contributed by atoms with E-state index in [-0.39, 0.29) is 18.2 Å². The van der Waals surface area contributed by atoms with E-state index >= 15 is 0 Å². The fraction of sp³-hybridized carbons (Fsp3) is 0.625. The summed E-state index contributed by atoms with van der Waals surface area (Å²) < 4.78 is 28.1. The van der Waals surface area contributed by atoms with Gasteiger partial charge in [-0.3, -0.25) is 4.90 Å². The minimum absolute atomic E-state index is 0.137. The van der Waals surface area contributed by atoms with E-state index in [0.29, 0.717) is 6.04 Å². The molecule has 1 saturated heterocycles. The molecule has 0 bridgehead atoms. The van der Waals surface area contributed by atoms with Crippen LogP contribution in [0, 0.1) is 11.6 Å². The van der Waals surface area contributed by atoms with Gasteiger partial charge in [-0.05, 0) is 37.9 Å². The number of rotatable bonds is 5. The maximum Gasteiger partial charge on any atom is 0.130 e. The zero-order valence-electron chi connectivity index (χ0n) is 12.1. The summed E-state index contributed by atoms with van der Waals surface area (Å²) in [5.74, 6) is -0.970. The Labute approximate surface area is 120 Å². The normalized spacial score (nSPS) is 21.9. The van der Waals surface area contributed by atoms with Crippen molar-refractivity contribution >= 4 is 0 Å². The van der Waals surface area contributed by atoms with Crippen molar-refractivity contribution in [2.24, 2.45) is 5.73 Å². The van der Waals surface area contributed by atoms with Gasteiger partial charge in [-0.15, -0.1) is 0 Å². The quantitative estimate of drug-likeness (QED) is 0.893. The number of piperidine rings is 1. The molecule has 1 aliphatic rings. The third kappa shape index (κ3) is 3.18. The monoisotopic (exact) mass is 282 g/mol. The van der Waals surface area contributed by atoms with E-state index < -0.39 is 11.6 Å². The molecular formula is C16H24F2N2. The first-order valence-corrected chi connectivity index (χ1v) is 7.58. The average molecular weight is 282 g/mol.